The molecule has 1 amide bonds. The Morgan fingerprint density at radius 3 is 2.54 bits per heavy atom. The monoisotopic (exact) mass is 390 g/mol. The Morgan fingerprint density at radius 1 is 1.19 bits per heavy atom. The van der Waals surface area contributed by atoms with E-state index in [9.17, 15) is 13.2 Å². The Labute approximate surface area is 155 Å². The second kappa shape index (κ2) is 7.05. The van der Waals surface area contributed by atoms with Crippen LogP contribution in [0.3, 0.4) is 0 Å². The largest absolute Gasteiger partial charge is 0.497 e. The molecule has 0 N–H and O–H groups in total. The smallest absolute Gasteiger partial charge is 0.263 e. The maximum absolute atomic E-state index is 12.4. The number of carbonyl (C=O) groups excluding carboxylic acids is 1. The van der Waals surface area contributed by atoms with Crippen molar-refractivity contribution in [2.45, 2.75) is 11.8 Å². The lowest BCUT2D eigenvalue weighted by Crippen LogP contribution is -2.19. The first kappa shape index (κ1) is 18.3. The highest BCUT2D eigenvalue weighted by Crippen LogP contribution is 2.19. The molecule has 26 heavy (non-hydrogen) atoms. The fourth-order valence-electron chi connectivity index (χ4n) is 2.52. The lowest BCUT2D eigenvalue weighted by atomic mass is 10.2. The molecule has 6 nitrogen and oxygen atoms in total. The molecule has 0 fully saturated rings. The van der Waals surface area contributed by atoms with E-state index >= 15 is 0 Å². The minimum Gasteiger partial charge on any atom is -0.497 e. The molecule has 0 unspecified atom stereocenters. The summed E-state index contributed by atoms with van der Waals surface area (Å²) in [6, 6.07) is 11.9. The lowest BCUT2D eigenvalue weighted by molar-refractivity contribution is -0.115. The Balaban J connectivity index is 1.90. The molecule has 0 aliphatic rings. The zero-order valence-corrected chi connectivity index (χ0v) is 16.2. The van der Waals surface area contributed by atoms with Crippen LogP contribution in [0.5, 0.6) is 5.75 Å². The SMILES string of the molecule is COc1ccc(S(=O)(=O)CC(=O)N=c2sc3cc(C)ccc3n2C)cc1. The van der Waals surface area contributed by atoms with Crippen LogP contribution < -0.4 is 9.54 Å². The number of carbonyl (C=O) groups is 1. The number of methoxy groups -OCH3 is 1. The van der Waals surface area contributed by atoms with Crippen molar-refractivity contribution in [2.75, 3.05) is 12.9 Å². The number of sulfone groups is 1. The van der Waals surface area contributed by atoms with E-state index in [0.717, 1.165) is 15.8 Å². The molecule has 0 aliphatic carbocycles. The third-order valence-electron chi connectivity index (χ3n) is 3.92. The van der Waals surface area contributed by atoms with E-state index in [2.05, 4.69) is 4.99 Å². The van der Waals surface area contributed by atoms with E-state index in [1.807, 2.05) is 25.1 Å². The summed E-state index contributed by atoms with van der Waals surface area (Å²) in [6.45, 7) is 1.99. The molecule has 1 aromatic heterocycles. The number of aromatic nitrogens is 1. The van der Waals surface area contributed by atoms with Gasteiger partial charge in [0, 0.05) is 7.05 Å². The van der Waals surface area contributed by atoms with Gasteiger partial charge in [-0.1, -0.05) is 17.4 Å². The number of benzene rings is 2. The molecule has 0 aliphatic heterocycles. The summed E-state index contributed by atoms with van der Waals surface area (Å²) in [4.78, 5) is 16.8. The molecule has 0 radical (unpaired) electrons. The molecule has 2 aromatic carbocycles. The molecule has 0 saturated carbocycles. The van der Waals surface area contributed by atoms with Crippen LogP contribution in [0, 0.1) is 6.92 Å². The molecule has 136 valence electrons. The number of fused-ring (bicyclic) bond motifs is 1. The van der Waals surface area contributed by atoms with Gasteiger partial charge >= 0.3 is 0 Å². The van der Waals surface area contributed by atoms with E-state index in [1.165, 1.54) is 30.6 Å². The van der Waals surface area contributed by atoms with Crippen LogP contribution in [-0.2, 0) is 21.7 Å². The Hall–Kier alpha value is -2.45. The number of rotatable bonds is 4. The normalized spacial score (nSPS) is 12.5. The van der Waals surface area contributed by atoms with E-state index < -0.39 is 21.5 Å². The van der Waals surface area contributed by atoms with Crippen LogP contribution in [0.25, 0.3) is 10.2 Å². The Morgan fingerprint density at radius 2 is 1.88 bits per heavy atom. The average Bonchev–Trinajstić information content (AvgIpc) is 2.89. The first-order chi connectivity index (χ1) is 12.3. The fraction of sp³-hybridized carbons (Fsp3) is 0.222. The molecule has 8 heteroatoms. The molecule has 0 atom stereocenters. The second-order valence-corrected chi connectivity index (χ2v) is 8.85. The van der Waals surface area contributed by atoms with Crippen molar-refractivity contribution in [3.05, 3.63) is 52.8 Å². The maximum Gasteiger partial charge on any atom is 0.263 e. The molecular formula is C18H18N2O4S2. The number of thiazole rings is 1. The fourth-order valence-corrected chi connectivity index (χ4v) is 4.76. The maximum atomic E-state index is 12.4. The van der Waals surface area contributed by atoms with Crippen LogP contribution in [0.15, 0.2) is 52.4 Å². The predicted molar refractivity (Wildman–Crippen MR) is 101 cm³/mol. The van der Waals surface area contributed by atoms with Gasteiger partial charge in [-0.25, -0.2) is 8.42 Å². The van der Waals surface area contributed by atoms with Gasteiger partial charge in [0.1, 0.15) is 11.5 Å². The molecule has 0 spiro atoms. The minimum absolute atomic E-state index is 0.0678. The lowest BCUT2D eigenvalue weighted by Gasteiger charge is -2.03. The Kier molecular flexibility index (Phi) is 4.97. The molecule has 1 heterocycles. The molecule has 0 saturated heterocycles. The van der Waals surface area contributed by atoms with Crippen LogP contribution >= 0.6 is 11.3 Å². The van der Waals surface area contributed by atoms with Gasteiger partial charge in [0.05, 0.1) is 22.2 Å². The quantitative estimate of drug-likeness (QED) is 0.686. The van der Waals surface area contributed by atoms with Crippen LogP contribution in [0.4, 0.5) is 0 Å². The summed E-state index contributed by atoms with van der Waals surface area (Å²) in [5.41, 5.74) is 2.06. The number of hydrogen-bond acceptors (Lipinski definition) is 5. The van der Waals surface area contributed by atoms with Gasteiger partial charge in [0.15, 0.2) is 14.6 Å². The zero-order valence-electron chi connectivity index (χ0n) is 14.6. The zero-order chi connectivity index (χ0) is 18.9. The van der Waals surface area contributed by atoms with Crippen LogP contribution in [0.1, 0.15) is 5.56 Å². The number of nitrogens with zero attached hydrogens (tertiary/aromatic N) is 2. The highest BCUT2D eigenvalue weighted by Gasteiger charge is 2.19. The average molecular weight is 390 g/mol. The van der Waals surface area contributed by atoms with Gasteiger partial charge < -0.3 is 9.30 Å². The van der Waals surface area contributed by atoms with Gasteiger partial charge in [0.25, 0.3) is 5.91 Å². The first-order valence-electron chi connectivity index (χ1n) is 7.81. The van der Waals surface area contributed by atoms with Crippen molar-refractivity contribution < 1.29 is 17.9 Å². The number of aryl methyl sites for hydroxylation is 2. The van der Waals surface area contributed by atoms with Gasteiger partial charge in [-0.2, -0.15) is 4.99 Å². The third kappa shape index (κ3) is 3.71. The Bertz CT molecular complexity index is 1140. The number of hydrogen-bond donors (Lipinski definition) is 0. The van der Waals surface area contributed by atoms with E-state index in [0.29, 0.717) is 10.6 Å². The highest BCUT2D eigenvalue weighted by atomic mass is 32.2. The van der Waals surface area contributed by atoms with E-state index in [-0.39, 0.29) is 4.90 Å². The van der Waals surface area contributed by atoms with Crippen LogP contribution in [-0.4, -0.2) is 31.8 Å². The molecule has 3 rings (SSSR count). The summed E-state index contributed by atoms with van der Waals surface area (Å²) in [5.74, 6) is -0.820. The van der Waals surface area contributed by atoms with E-state index in [4.69, 9.17) is 4.74 Å². The standard InChI is InChI=1S/C18H18N2O4S2/c1-12-4-9-15-16(10-12)25-18(20(15)2)19-17(21)11-26(22,23)14-7-5-13(24-3)6-8-14/h4-10H,11H2,1-3H3. The predicted octanol–water partition coefficient (Wildman–Crippen LogP) is 2.46. The van der Waals surface area contributed by atoms with Crippen molar-refractivity contribution in [1.82, 2.24) is 4.57 Å². The summed E-state index contributed by atoms with van der Waals surface area (Å²) >= 11 is 1.36. The molecule has 0 bridgehead atoms. The summed E-state index contributed by atoms with van der Waals surface area (Å²) < 4.78 is 32.6. The van der Waals surface area contributed by atoms with Crippen molar-refractivity contribution >= 4 is 37.3 Å². The highest BCUT2D eigenvalue weighted by molar-refractivity contribution is 7.92. The third-order valence-corrected chi connectivity index (χ3v) is 6.63. The second-order valence-electron chi connectivity index (χ2n) is 5.85. The molecule has 3 aromatic rings. The van der Waals surface area contributed by atoms with Gasteiger partial charge in [-0.3, -0.25) is 4.79 Å². The molecular weight excluding hydrogens is 372 g/mol. The van der Waals surface area contributed by atoms with Gasteiger partial charge in [-0.15, -0.1) is 0 Å². The van der Waals surface area contributed by atoms with E-state index in [1.54, 1.807) is 23.7 Å². The van der Waals surface area contributed by atoms with Crippen molar-refractivity contribution in [3.63, 3.8) is 0 Å². The van der Waals surface area contributed by atoms with Gasteiger partial charge in [0.2, 0.25) is 0 Å². The van der Waals surface area contributed by atoms with Crippen LogP contribution in [0.2, 0.25) is 0 Å². The van der Waals surface area contributed by atoms with Gasteiger partial charge in [-0.05, 0) is 48.9 Å². The van der Waals surface area contributed by atoms with Crippen molar-refractivity contribution in [1.29, 1.82) is 0 Å². The first-order valence-corrected chi connectivity index (χ1v) is 10.3. The minimum atomic E-state index is -3.76. The number of amides is 1. The van der Waals surface area contributed by atoms with Crippen molar-refractivity contribution in [2.24, 2.45) is 12.0 Å². The topological polar surface area (TPSA) is 77.7 Å². The summed E-state index contributed by atoms with van der Waals surface area (Å²) in [5, 5.41) is 0. The van der Waals surface area contributed by atoms with Crippen molar-refractivity contribution in [3.8, 4) is 5.75 Å². The summed E-state index contributed by atoms with van der Waals surface area (Å²) in [7, 11) is -0.455. The summed E-state index contributed by atoms with van der Waals surface area (Å²) in [6.07, 6.45) is 0. The number of ether oxygens (including phenoxy) is 1.